The van der Waals surface area contributed by atoms with Crippen molar-refractivity contribution in [3.8, 4) is 0 Å². The molecule has 2 rings (SSSR count). The fourth-order valence-corrected chi connectivity index (χ4v) is 2.03. The van der Waals surface area contributed by atoms with E-state index in [0.29, 0.717) is 30.5 Å². The van der Waals surface area contributed by atoms with Crippen LogP contribution in [0.4, 0.5) is 13.2 Å². The molecule has 0 aliphatic heterocycles. The van der Waals surface area contributed by atoms with E-state index in [1.165, 1.54) is 6.07 Å². The van der Waals surface area contributed by atoms with Crippen molar-refractivity contribution in [2.24, 2.45) is 5.73 Å². The molecule has 0 bridgehead atoms. The molecule has 0 amide bonds. The summed E-state index contributed by atoms with van der Waals surface area (Å²) >= 11 is 0. The van der Waals surface area contributed by atoms with Crippen molar-refractivity contribution in [3.05, 3.63) is 29.6 Å². The Labute approximate surface area is 102 Å². The van der Waals surface area contributed by atoms with Gasteiger partial charge in [0.2, 0.25) is 0 Å². The summed E-state index contributed by atoms with van der Waals surface area (Å²) in [4.78, 5) is 4.23. The molecule has 2 aromatic rings. The van der Waals surface area contributed by atoms with E-state index in [4.69, 9.17) is 5.73 Å². The first-order valence-corrected chi connectivity index (χ1v) is 5.73. The maximum absolute atomic E-state index is 12.6. The van der Waals surface area contributed by atoms with Crippen molar-refractivity contribution in [2.75, 3.05) is 6.54 Å². The first-order valence-electron chi connectivity index (χ1n) is 5.73. The van der Waals surface area contributed by atoms with Gasteiger partial charge in [0.15, 0.2) is 0 Å². The minimum atomic E-state index is -4.34. The number of nitrogens with zero attached hydrogens (tertiary/aromatic N) is 2. The number of nitrogens with two attached hydrogens (primary N) is 1. The van der Waals surface area contributed by atoms with Gasteiger partial charge in [0.25, 0.3) is 0 Å². The summed E-state index contributed by atoms with van der Waals surface area (Å²) in [5, 5.41) is 0. The average molecular weight is 257 g/mol. The summed E-state index contributed by atoms with van der Waals surface area (Å²) in [6.07, 6.45) is -3.78. The van der Waals surface area contributed by atoms with Crippen LogP contribution in [0.5, 0.6) is 0 Å². The molecule has 1 heterocycles. The van der Waals surface area contributed by atoms with Crippen molar-refractivity contribution in [1.82, 2.24) is 9.55 Å². The van der Waals surface area contributed by atoms with Gasteiger partial charge in [0.05, 0.1) is 16.6 Å². The smallest absolute Gasteiger partial charge is 0.330 e. The summed E-state index contributed by atoms with van der Waals surface area (Å²) in [6.45, 7) is 3.02. The number of halogens is 3. The van der Waals surface area contributed by atoms with Crippen molar-refractivity contribution in [3.63, 3.8) is 0 Å². The van der Waals surface area contributed by atoms with Crippen LogP contribution in [-0.4, -0.2) is 16.1 Å². The van der Waals surface area contributed by atoms with Crippen LogP contribution < -0.4 is 5.73 Å². The Hall–Kier alpha value is -1.56. The highest BCUT2D eigenvalue weighted by atomic mass is 19.4. The van der Waals surface area contributed by atoms with Gasteiger partial charge in [-0.05, 0) is 31.7 Å². The minimum absolute atomic E-state index is 0.370. The number of aromatic nitrogens is 2. The van der Waals surface area contributed by atoms with Gasteiger partial charge < -0.3 is 10.3 Å². The van der Waals surface area contributed by atoms with E-state index in [0.717, 1.165) is 18.0 Å². The summed E-state index contributed by atoms with van der Waals surface area (Å²) in [5.74, 6) is 0.731. The lowest BCUT2D eigenvalue weighted by molar-refractivity contribution is -0.137. The molecule has 0 aliphatic rings. The Morgan fingerprint density at radius 1 is 1.33 bits per heavy atom. The van der Waals surface area contributed by atoms with Crippen molar-refractivity contribution in [1.29, 1.82) is 0 Å². The Balaban J connectivity index is 2.58. The predicted molar refractivity (Wildman–Crippen MR) is 63.2 cm³/mol. The second-order valence-corrected chi connectivity index (χ2v) is 4.01. The van der Waals surface area contributed by atoms with E-state index in [1.807, 2.05) is 11.5 Å². The van der Waals surface area contributed by atoms with E-state index < -0.39 is 11.7 Å². The van der Waals surface area contributed by atoms with Gasteiger partial charge in [0.1, 0.15) is 5.82 Å². The van der Waals surface area contributed by atoms with E-state index >= 15 is 0 Å². The van der Waals surface area contributed by atoms with Gasteiger partial charge in [-0.2, -0.15) is 13.2 Å². The number of alkyl halides is 3. The Morgan fingerprint density at radius 3 is 2.61 bits per heavy atom. The van der Waals surface area contributed by atoms with E-state index in [9.17, 15) is 13.2 Å². The number of fused-ring (bicyclic) bond motifs is 1. The first kappa shape index (κ1) is 12.9. The molecule has 0 spiro atoms. The van der Waals surface area contributed by atoms with Crippen molar-refractivity contribution in [2.45, 2.75) is 26.1 Å². The van der Waals surface area contributed by atoms with Gasteiger partial charge in [-0.25, -0.2) is 4.98 Å². The molecule has 0 saturated carbocycles. The van der Waals surface area contributed by atoms with Gasteiger partial charge in [0, 0.05) is 13.0 Å². The molecule has 3 nitrogen and oxygen atoms in total. The van der Waals surface area contributed by atoms with Crippen LogP contribution in [0.3, 0.4) is 0 Å². The van der Waals surface area contributed by atoms with Gasteiger partial charge in [-0.1, -0.05) is 0 Å². The molecule has 0 unspecified atom stereocenters. The predicted octanol–water partition coefficient (Wildman–Crippen LogP) is 2.58. The highest BCUT2D eigenvalue weighted by Gasteiger charge is 2.31. The highest BCUT2D eigenvalue weighted by Crippen LogP contribution is 2.31. The third-order valence-corrected chi connectivity index (χ3v) is 2.84. The molecule has 0 fully saturated rings. The number of hydrogen-bond donors (Lipinski definition) is 1. The van der Waals surface area contributed by atoms with Crippen LogP contribution in [0, 0.1) is 0 Å². The average Bonchev–Trinajstić information content (AvgIpc) is 2.64. The number of benzene rings is 1. The number of hydrogen-bond acceptors (Lipinski definition) is 2. The summed E-state index contributed by atoms with van der Waals surface area (Å²) in [7, 11) is 0. The van der Waals surface area contributed by atoms with Gasteiger partial charge in [-0.3, -0.25) is 0 Å². The zero-order valence-corrected chi connectivity index (χ0v) is 9.96. The third kappa shape index (κ3) is 2.20. The van der Waals surface area contributed by atoms with E-state index in [2.05, 4.69) is 4.98 Å². The monoisotopic (exact) mass is 257 g/mol. The maximum atomic E-state index is 12.6. The van der Waals surface area contributed by atoms with Crippen molar-refractivity contribution < 1.29 is 13.2 Å². The minimum Gasteiger partial charge on any atom is -0.330 e. The summed E-state index contributed by atoms with van der Waals surface area (Å²) in [6, 6.07) is 3.64. The molecule has 0 atom stereocenters. The molecule has 0 saturated heterocycles. The lowest BCUT2D eigenvalue weighted by Crippen LogP contribution is -2.09. The second-order valence-electron chi connectivity index (χ2n) is 4.01. The molecule has 18 heavy (non-hydrogen) atoms. The summed E-state index contributed by atoms with van der Waals surface area (Å²) in [5.41, 5.74) is 5.89. The van der Waals surface area contributed by atoms with Gasteiger partial charge >= 0.3 is 6.18 Å². The zero-order valence-electron chi connectivity index (χ0n) is 9.96. The topological polar surface area (TPSA) is 43.8 Å². The normalized spacial score (nSPS) is 12.3. The number of rotatable bonds is 3. The number of aryl methyl sites for hydroxylation is 1. The molecule has 6 heteroatoms. The van der Waals surface area contributed by atoms with Crippen LogP contribution in [-0.2, 0) is 19.1 Å². The molecule has 1 aromatic carbocycles. The Morgan fingerprint density at radius 2 is 2.06 bits per heavy atom. The SMILES string of the molecule is CCn1c(CCN)nc2cc(C(F)(F)F)ccc21. The Bertz CT molecular complexity index is 557. The molecule has 2 N–H and O–H groups in total. The zero-order chi connectivity index (χ0) is 13.3. The van der Waals surface area contributed by atoms with Crippen LogP contribution in [0.2, 0.25) is 0 Å². The second kappa shape index (κ2) is 4.61. The molecule has 0 aliphatic carbocycles. The molecular formula is C12H14F3N3. The van der Waals surface area contributed by atoms with Crippen molar-refractivity contribution >= 4 is 11.0 Å². The van der Waals surface area contributed by atoms with Gasteiger partial charge in [-0.15, -0.1) is 0 Å². The third-order valence-electron chi connectivity index (χ3n) is 2.84. The lowest BCUT2D eigenvalue weighted by atomic mass is 10.2. The number of imidazole rings is 1. The largest absolute Gasteiger partial charge is 0.416 e. The van der Waals surface area contributed by atoms with Crippen LogP contribution in [0.25, 0.3) is 11.0 Å². The van der Waals surface area contributed by atoms with Crippen LogP contribution in [0.1, 0.15) is 18.3 Å². The fourth-order valence-electron chi connectivity index (χ4n) is 2.03. The lowest BCUT2D eigenvalue weighted by Gasteiger charge is -2.07. The molecule has 1 aromatic heterocycles. The highest BCUT2D eigenvalue weighted by molar-refractivity contribution is 5.77. The Kier molecular flexibility index (Phi) is 3.30. The first-order chi connectivity index (χ1) is 8.47. The fraction of sp³-hybridized carbons (Fsp3) is 0.417. The van der Waals surface area contributed by atoms with Crippen LogP contribution >= 0.6 is 0 Å². The quantitative estimate of drug-likeness (QED) is 0.918. The standard InChI is InChI=1S/C12H14F3N3/c1-2-18-10-4-3-8(12(13,14)15)7-9(10)17-11(18)5-6-16/h3-4,7H,2,5-6,16H2,1H3. The molecule has 0 radical (unpaired) electrons. The van der Waals surface area contributed by atoms with Crippen LogP contribution in [0.15, 0.2) is 18.2 Å². The van der Waals surface area contributed by atoms with E-state index in [1.54, 1.807) is 0 Å². The molecular weight excluding hydrogens is 243 g/mol. The van der Waals surface area contributed by atoms with E-state index in [-0.39, 0.29) is 0 Å². The maximum Gasteiger partial charge on any atom is 0.416 e. The molecule has 98 valence electrons. The summed E-state index contributed by atoms with van der Waals surface area (Å²) < 4.78 is 39.7.